The molecular formula is C11H13N3O3S. The fourth-order valence-corrected chi connectivity index (χ4v) is 2.81. The molecule has 1 aromatic heterocycles. The van der Waals surface area contributed by atoms with Gasteiger partial charge in [-0.1, -0.05) is 0 Å². The molecule has 1 aromatic rings. The number of carbonyl (C=O) groups excluding carboxylic acids is 3. The number of likely N-dealkylation sites (N-methyl/N-ethyl adjacent to an activating group) is 1. The van der Waals surface area contributed by atoms with E-state index in [9.17, 15) is 14.4 Å². The Balaban J connectivity index is 2.23. The van der Waals surface area contributed by atoms with Crippen LogP contribution in [0.2, 0.25) is 0 Å². The fraction of sp³-hybridized carbons (Fsp3) is 0.455. The highest BCUT2D eigenvalue weighted by molar-refractivity contribution is 7.10. The summed E-state index contributed by atoms with van der Waals surface area (Å²) in [7, 11) is 1.45. The molecule has 0 spiro atoms. The van der Waals surface area contributed by atoms with Crippen molar-refractivity contribution in [2.75, 3.05) is 12.4 Å². The number of aromatic nitrogens is 1. The topological polar surface area (TPSA) is 79.4 Å². The zero-order valence-electron chi connectivity index (χ0n) is 10.3. The highest BCUT2D eigenvalue weighted by Gasteiger charge is 2.36. The number of aryl methyl sites for hydroxylation is 1. The van der Waals surface area contributed by atoms with E-state index in [2.05, 4.69) is 9.69 Å². The zero-order valence-corrected chi connectivity index (χ0v) is 11.1. The molecule has 2 amide bonds. The molecular weight excluding hydrogens is 254 g/mol. The summed E-state index contributed by atoms with van der Waals surface area (Å²) in [6.07, 6.45) is 0.115. The highest BCUT2D eigenvalue weighted by atomic mass is 32.1. The molecule has 1 fully saturated rings. The number of hydrogen-bond donors (Lipinski definition) is 1. The number of nitrogens with one attached hydrogen (secondary N) is 1. The largest absolute Gasteiger partial charge is 0.363 e. The molecule has 2 rings (SSSR count). The third-order valence-corrected chi connectivity index (χ3v) is 3.77. The zero-order chi connectivity index (χ0) is 13.4. The number of nitrogens with zero attached hydrogens (tertiary/aromatic N) is 2. The average Bonchev–Trinajstić information content (AvgIpc) is 2.76. The Labute approximate surface area is 108 Å². The van der Waals surface area contributed by atoms with Gasteiger partial charge < -0.3 is 5.32 Å². The van der Waals surface area contributed by atoms with Crippen LogP contribution in [0.15, 0.2) is 0 Å². The predicted octanol–water partition coefficient (Wildman–Crippen LogP) is 0.823. The number of imide groups is 1. The van der Waals surface area contributed by atoms with E-state index in [1.54, 1.807) is 6.92 Å². The van der Waals surface area contributed by atoms with Crippen LogP contribution in [0.25, 0.3) is 0 Å². The van der Waals surface area contributed by atoms with Crippen LogP contribution >= 0.6 is 11.5 Å². The van der Waals surface area contributed by atoms with E-state index in [1.807, 2.05) is 0 Å². The summed E-state index contributed by atoms with van der Waals surface area (Å²) >= 11 is 1.13. The van der Waals surface area contributed by atoms with Crippen molar-refractivity contribution in [2.45, 2.75) is 26.3 Å². The lowest BCUT2D eigenvalue weighted by atomic mass is 10.1. The van der Waals surface area contributed by atoms with Gasteiger partial charge in [0.1, 0.15) is 11.0 Å². The van der Waals surface area contributed by atoms with Crippen LogP contribution in [-0.2, 0) is 9.59 Å². The van der Waals surface area contributed by atoms with Gasteiger partial charge in [0.15, 0.2) is 5.78 Å². The second-order valence-corrected chi connectivity index (χ2v) is 4.99. The molecule has 0 radical (unpaired) electrons. The standard InChI is InChI=1S/C11H13N3O3S/c1-5-9(6(2)15)10(18-13-5)12-7-4-8(16)14(3)11(7)17/h7,12H,4H2,1-3H3. The van der Waals surface area contributed by atoms with Crippen LogP contribution in [-0.4, -0.2) is 40.0 Å². The van der Waals surface area contributed by atoms with Crippen LogP contribution < -0.4 is 5.32 Å². The molecule has 2 heterocycles. The van der Waals surface area contributed by atoms with E-state index in [-0.39, 0.29) is 24.0 Å². The molecule has 0 bridgehead atoms. The minimum absolute atomic E-state index is 0.103. The van der Waals surface area contributed by atoms with E-state index < -0.39 is 6.04 Å². The molecule has 0 saturated carbocycles. The first kappa shape index (κ1) is 12.7. The monoisotopic (exact) mass is 267 g/mol. The van der Waals surface area contributed by atoms with Gasteiger partial charge in [-0.05, 0) is 25.4 Å². The molecule has 1 saturated heterocycles. The molecule has 6 nitrogen and oxygen atoms in total. The first-order valence-electron chi connectivity index (χ1n) is 5.46. The Morgan fingerprint density at radius 3 is 2.67 bits per heavy atom. The first-order valence-corrected chi connectivity index (χ1v) is 6.23. The predicted molar refractivity (Wildman–Crippen MR) is 66.7 cm³/mol. The Morgan fingerprint density at radius 2 is 2.17 bits per heavy atom. The third-order valence-electron chi connectivity index (χ3n) is 2.90. The Kier molecular flexibility index (Phi) is 3.16. The number of rotatable bonds is 3. The second kappa shape index (κ2) is 4.49. The number of likely N-dealkylation sites (tertiary alicyclic amines) is 1. The van der Waals surface area contributed by atoms with Gasteiger partial charge in [-0.25, -0.2) is 0 Å². The lowest BCUT2D eigenvalue weighted by molar-refractivity contribution is -0.136. The summed E-state index contributed by atoms with van der Waals surface area (Å²) in [5.41, 5.74) is 1.13. The van der Waals surface area contributed by atoms with Crippen molar-refractivity contribution in [3.8, 4) is 0 Å². The summed E-state index contributed by atoms with van der Waals surface area (Å²) in [5, 5.41) is 3.50. The summed E-state index contributed by atoms with van der Waals surface area (Å²) in [4.78, 5) is 35.7. The molecule has 1 N–H and O–H groups in total. The Morgan fingerprint density at radius 1 is 1.50 bits per heavy atom. The molecule has 7 heteroatoms. The van der Waals surface area contributed by atoms with Crippen LogP contribution in [0.4, 0.5) is 5.00 Å². The normalized spacial score (nSPS) is 19.5. The van der Waals surface area contributed by atoms with Crippen molar-refractivity contribution in [1.29, 1.82) is 0 Å². The van der Waals surface area contributed by atoms with Gasteiger partial charge in [0.2, 0.25) is 5.91 Å². The number of Topliss-reactive ketones (excluding diaryl/α,β-unsaturated/α-hetero) is 1. The molecule has 0 aromatic carbocycles. The van der Waals surface area contributed by atoms with Crippen molar-refractivity contribution >= 4 is 34.1 Å². The van der Waals surface area contributed by atoms with E-state index in [1.165, 1.54) is 14.0 Å². The van der Waals surface area contributed by atoms with Crippen molar-refractivity contribution < 1.29 is 14.4 Å². The second-order valence-electron chi connectivity index (χ2n) is 4.22. The molecule has 18 heavy (non-hydrogen) atoms. The summed E-state index contributed by atoms with van der Waals surface area (Å²) in [5.74, 6) is -0.599. The molecule has 1 aliphatic rings. The van der Waals surface area contributed by atoms with Gasteiger partial charge in [0, 0.05) is 7.05 Å². The van der Waals surface area contributed by atoms with E-state index >= 15 is 0 Å². The highest BCUT2D eigenvalue weighted by Crippen LogP contribution is 2.27. The molecule has 1 unspecified atom stereocenters. The molecule has 96 valence electrons. The number of anilines is 1. The van der Waals surface area contributed by atoms with Crippen molar-refractivity contribution in [1.82, 2.24) is 9.27 Å². The minimum atomic E-state index is -0.597. The maximum atomic E-state index is 11.7. The van der Waals surface area contributed by atoms with Crippen molar-refractivity contribution in [3.63, 3.8) is 0 Å². The van der Waals surface area contributed by atoms with Gasteiger partial charge in [0.05, 0.1) is 17.7 Å². The fourth-order valence-electron chi connectivity index (χ4n) is 1.91. The summed E-state index contributed by atoms with van der Waals surface area (Å²) < 4.78 is 4.09. The van der Waals surface area contributed by atoms with Gasteiger partial charge >= 0.3 is 0 Å². The van der Waals surface area contributed by atoms with E-state index in [0.717, 1.165) is 16.4 Å². The maximum Gasteiger partial charge on any atom is 0.251 e. The first-order chi connectivity index (χ1) is 8.41. The average molecular weight is 267 g/mol. The molecule has 1 atom stereocenters. The van der Waals surface area contributed by atoms with E-state index in [0.29, 0.717) is 16.3 Å². The Hall–Kier alpha value is -1.76. The maximum absolute atomic E-state index is 11.7. The SMILES string of the molecule is CC(=O)c1c(C)nsc1NC1CC(=O)N(C)C1=O. The van der Waals surface area contributed by atoms with Gasteiger partial charge in [-0.3, -0.25) is 19.3 Å². The van der Waals surface area contributed by atoms with Crippen molar-refractivity contribution in [3.05, 3.63) is 11.3 Å². The number of hydrogen-bond acceptors (Lipinski definition) is 6. The molecule has 0 aliphatic carbocycles. The molecule has 1 aliphatic heterocycles. The van der Waals surface area contributed by atoms with Crippen molar-refractivity contribution in [2.24, 2.45) is 0 Å². The Bertz CT molecular complexity index is 538. The van der Waals surface area contributed by atoms with Gasteiger partial charge in [-0.2, -0.15) is 4.37 Å². The number of amides is 2. The van der Waals surface area contributed by atoms with Crippen LogP contribution in [0.3, 0.4) is 0 Å². The minimum Gasteiger partial charge on any atom is -0.363 e. The van der Waals surface area contributed by atoms with Crippen LogP contribution in [0, 0.1) is 6.92 Å². The number of carbonyl (C=O) groups is 3. The summed E-state index contributed by atoms with van der Waals surface area (Å²) in [6.45, 7) is 3.20. The quantitative estimate of drug-likeness (QED) is 0.648. The number of ketones is 1. The van der Waals surface area contributed by atoms with Gasteiger partial charge in [0.25, 0.3) is 5.91 Å². The lowest BCUT2D eigenvalue weighted by Gasteiger charge is -2.11. The smallest absolute Gasteiger partial charge is 0.251 e. The van der Waals surface area contributed by atoms with Crippen LogP contribution in [0.5, 0.6) is 0 Å². The third kappa shape index (κ3) is 2.01. The van der Waals surface area contributed by atoms with Crippen LogP contribution in [0.1, 0.15) is 29.4 Å². The van der Waals surface area contributed by atoms with E-state index in [4.69, 9.17) is 0 Å². The lowest BCUT2D eigenvalue weighted by Crippen LogP contribution is -2.31. The summed E-state index contributed by atoms with van der Waals surface area (Å²) in [6, 6.07) is -0.597. The van der Waals surface area contributed by atoms with Gasteiger partial charge in [-0.15, -0.1) is 0 Å².